The van der Waals surface area contributed by atoms with E-state index in [0.29, 0.717) is 9.47 Å². The molecule has 1 aromatic carbocycles. The molecule has 0 saturated carbocycles. The molecule has 0 radical (unpaired) electrons. The lowest BCUT2D eigenvalue weighted by molar-refractivity contribution is 0.102. The number of hydrogen-bond donors (Lipinski definition) is 3. The van der Waals surface area contributed by atoms with Crippen molar-refractivity contribution in [3.63, 3.8) is 0 Å². The van der Waals surface area contributed by atoms with E-state index in [4.69, 9.17) is 10.8 Å². The molecule has 0 aliphatic heterocycles. The number of phenols is 2. The highest BCUT2D eigenvalue weighted by atomic mass is 32.2. The fourth-order valence-electron chi connectivity index (χ4n) is 1.24. The summed E-state index contributed by atoms with van der Waals surface area (Å²) in [6, 6.07) is 3.85. The number of hydrogen-bond acceptors (Lipinski definition) is 8. The van der Waals surface area contributed by atoms with Gasteiger partial charge in [0.25, 0.3) is 0 Å². The minimum Gasteiger partial charge on any atom is -0.508 e. The molecule has 1 aromatic heterocycles. The van der Waals surface area contributed by atoms with E-state index in [0.717, 1.165) is 6.07 Å². The Kier molecular flexibility index (Phi) is 3.68. The van der Waals surface area contributed by atoms with E-state index < -0.39 is 0 Å². The Morgan fingerprint density at radius 3 is 2.78 bits per heavy atom. The van der Waals surface area contributed by atoms with Crippen LogP contribution < -0.4 is 5.73 Å². The van der Waals surface area contributed by atoms with Gasteiger partial charge in [-0.25, -0.2) is 0 Å². The number of benzene rings is 1. The van der Waals surface area contributed by atoms with Crippen LogP contribution in [0.1, 0.15) is 10.4 Å². The largest absolute Gasteiger partial charge is 0.508 e. The van der Waals surface area contributed by atoms with Gasteiger partial charge in [-0.3, -0.25) is 4.79 Å². The number of carbonyl (C=O) groups excluding carboxylic acids is 1. The summed E-state index contributed by atoms with van der Waals surface area (Å²) in [5.41, 5.74) is 5.58. The second kappa shape index (κ2) is 5.23. The predicted octanol–water partition coefficient (Wildman–Crippen LogP) is 1.51. The molecule has 0 atom stereocenters. The van der Waals surface area contributed by atoms with Gasteiger partial charge in [0, 0.05) is 6.07 Å². The standard InChI is InChI=1S/C10H9N3O3S2/c11-9-12-13-10(18-9)17-4-8(16)6-2-1-5(14)3-7(6)15/h1-3,14-15H,4H2,(H2,11,12). The molecule has 2 aromatic rings. The molecule has 0 saturated heterocycles. The summed E-state index contributed by atoms with van der Waals surface area (Å²) >= 11 is 2.39. The maximum absolute atomic E-state index is 11.8. The van der Waals surface area contributed by atoms with E-state index in [9.17, 15) is 9.90 Å². The van der Waals surface area contributed by atoms with Crippen molar-refractivity contribution in [3.8, 4) is 11.5 Å². The molecular formula is C10H9N3O3S2. The number of carbonyl (C=O) groups is 1. The third-order valence-corrected chi connectivity index (χ3v) is 3.92. The quantitative estimate of drug-likeness (QED) is 0.576. The van der Waals surface area contributed by atoms with Gasteiger partial charge in [-0.2, -0.15) is 0 Å². The minimum atomic E-state index is -0.258. The molecule has 0 aliphatic carbocycles. The first-order valence-corrected chi connectivity index (χ1v) is 6.63. The average molecular weight is 283 g/mol. The summed E-state index contributed by atoms with van der Waals surface area (Å²) in [5, 5.41) is 26.4. The number of nitrogens with two attached hydrogens (primary N) is 1. The average Bonchev–Trinajstić information content (AvgIpc) is 2.72. The predicted molar refractivity (Wildman–Crippen MR) is 69.1 cm³/mol. The Balaban J connectivity index is 2.03. The number of nitrogen functional groups attached to an aromatic ring is 1. The van der Waals surface area contributed by atoms with Gasteiger partial charge in [0.2, 0.25) is 5.13 Å². The zero-order valence-electron chi connectivity index (χ0n) is 9.03. The van der Waals surface area contributed by atoms with Crippen LogP contribution in [0, 0.1) is 0 Å². The SMILES string of the molecule is Nc1nnc(SCC(=O)c2ccc(O)cc2O)s1. The van der Waals surface area contributed by atoms with Gasteiger partial charge in [0.1, 0.15) is 11.5 Å². The first-order chi connectivity index (χ1) is 8.56. The number of anilines is 1. The van der Waals surface area contributed by atoms with Crippen LogP contribution in [0.2, 0.25) is 0 Å². The number of aromatic hydroxyl groups is 2. The summed E-state index contributed by atoms with van der Waals surface area (Å²) < 4.78 is 0.596. The molecule has 8 heteroatoms. The summed E-state index contributed by atoms with van der Waals surface area (Å²) in [4.78, 5) is 11.8. The fraction of sp³-hybridized carbons (Fsp3) is 0.100. The summed E-state index contributed by atoms with van der Waals surface area (Å²) in [7, 11) is 0. The number of Topliss-reactive ketones (excluding diaryl/α,β-unsaturated/α-hetero) is 1. The van der Waals surface area contributed by atoms with Crippen LogP contribution in [-0.4, -0.2) is 31.9 Å². The van der Waals surface area contributed by atoms with Crippen molar-refractivity contribution in [2.45, 2.75) is 4.34 Å². The Labute approximate surface area is 110 Å². The van der Waals surface area contributed by atoms with Gasteiger partial charge in [0.15, 0.2) is 10.1 Å². The van der Waals surface area contributed by atoms with Crippen LogP contribution in [-0.2, 0) is 0 Å². The molecule has 1 heterocycles. The minimum absolute atomic E-state index is 0.0893. The number of rotatable bonds is 4. The van der Waals surface area contributed by atoms with Crippen LogP contribution in [0.3, 0.4) is 0 Å². The van der Waals surface area contributed by atoms with Crippen LogP contribution >= 0.6 is 23.1 Å². The maximum atomic E-state index is 11.8. The normalized spacial score (nSPS) is 10.4. The first-order valence-electron chi connectivity index (χ1n) is 4.83. The highest BCUT2D eigenvalue weighted by Crippen LogP contribution is 2.27. The molecular weight excluding hydrogens is 274 g/mol. The van der Waals surface area contributed by atoms with Crippen LogP contribution in [0.4, 0.5) is 5.13 Å². The van der Waals surface area contributed by atoms with Crippen molar-refractivity contribution in [1.29, 1.82) is 0 Å². The van der Waals surface area contributed by atoms with Gasteiger partial charge in [-0.15, -0.1) is 10.2 Å². The number of nitrogens with zero attached hydrogens (tertiary/aromatic N) is 2. The third-order valence-electron chi connectivity index (χ3n) is 2.03. The third kappa shape index (κ3) is 2.90. The van der Waals surface area contributed by atoms with E-state index in [-0.39, 0.29) is 28.6 Å². The highest BCUT2D eigenvalue weighted by molar-refractivity contribution is 8.01. The number of ketones is 1. The second-order valence-electron chi connectivity index (χ2n) is 3.32. The topological polar surface area (TPSA) is 109 Å². The van der Waals surface area contributed by atoms with Crippen LogP contribution in [0.15, 0.2) is 22.5 Å². The molecule has 0 spiro atoms. The molecule has 2 rings (SSSR count). The molecule has 4 N–H and O–H groups in total. The van der Waals surface area contributed by atoms with Gasteiger partial charge in [-0.1, -0.05) is 23.1 Å². The molecule has 0 amide bonds. The van der Waals surface area contributed by atoms with Crippen molar-refractivity contribution in [2.24, 2.45) is 0 Å². The molecule has 0 fully saturated rings. The van der Waals surface area contributed by atoms with Gasteiger partial charge < -0.3 is 15.9 Å². The second-order valence-corrected chi connectivity index (χ2v) is 5.55. The molecule has 94 valence electrons. The van der Waals surface area contributed by atoms with Crippen molar-refractivity contribution >= 4 is 34.0 Å². The zero-order chi connectivity index (χ0) is 13.1. The highest BCUT2D eigenvalue weighted by Gasteiger charge is 2.13. The lowest BCUT2D eigenvalue weighted by Gasteiger charge is -2.02. The molecule has 0 bridgehead atoms. The maximum Gasteiger partial charge on any atom is 0.203 e. The molecule has 6 nitrogen and oxygen atoms in total. The summed E-state index contributed by atoms with van der Waals surface area (Å²) in [6.45, 7) is 0. The van der Waals surface area contributed by atoms with Gasteiger partial charge >= 0.3 is 0 Å². The summed E-state index contributed by atoms with van der Waals surface area (Å²) in [6.07, 6.45) is 0. The van der Waals surface area contributed by atoms with E-state index in [1.807, 2.05) is 0 Å². The van der Waals surface area contributed by atoms with Crippen molar-refractivity contribution in [1.82, 2.24) is 10.2 Å². The molecule has 0 unspecified atom stereocenters. The smallest absolute Gasteiger partial charge is 0.203 e. The van der Waals surface area contributed by atoms with Crippen molar-refractivity contribution in [3.05, 3.63) is 23.8 Å². The fourth-order valence-corrected chi connectivity index (χ4v) is 2.76. The Morgan fingerprint density at radius 1 is 1.39 bits per heavy atom. The number of thioether (sulfide) groups is 1. The van der Waals surface area contributed by atoms with Gasteiger partial charge in [0.05, 0.1) is 11.3 Å². The van der Waals surface area contributed by atoms with Crippen molar-refractivity contribution < 1.29 is 15.0 Å². The van der Waals surface area contributed by atoms with Crippen molar-refractivity contribution in [2.75, 3.05) is 11.5 Å². The monoisotopic (exact) mass is 283 g/mol. The van der Waals surface area contributed by atoms with E-state index >= 15 is 0 Å². The van der Waals surface area contributed by atoms with E-state index in [1.165, 1.54) is 35.2 Å². The lowest BCUT2D eigenvalue weighted by atomic mass is 10.1. The van der Waals surface area contributed by atoms with E-state index in [2.05, 4.69) is 10.2 Å². The Bertz CT molecular complexity index is 585. The van der Waals surface area contributed by atoms with E-state index in [1.54, 1.807) is 0 Å². The first kappa shape index (κ1) is 12.7. The zero-order valence-corrected chi connectivity index (χ0v) is 10.7. The summed E-state index contributed by atoms with van der Waals surface area (Å²) in [5.74, 6) is -0.468. The van der Waals surface area contributed by atoms with Gasteiger partial charge in [-0.05, 0) is 12.1 Å². The molecule has 0 aliphatic rings. The Hall–Kier alpha value is -1.80. The van der Waals surface area contributed by atoms with Crippen LogP contribution in [0.25, 0.3) is 0 Å². The lowest BCUT2D eigenvalue weighted by Crippen LogP contribution is -2.02. The number of phenolic OH excluding ortho intramolecular Hbond substituents is 2. The molecule has 18 heavy (non-hydrogen) atoms. The van der Waals surface area contributed by atoms with Crippen LogP contribution in [0.5, 0.6) is 11.5 Å². The number of aromatic nitrogens is 2. The Morgan fingerprint density at radius 2 is 2.17 bits per heavy atom.